The molecule has 1 atom stereocenters. The largest absolute Gasteiger partial charge is 0.103 e. The van der Waals surface area contributed by atoms with Crippen molar-refractivity contribution in [2.75, 3.05) is 0 Å². The van der Waals surface area contributed by atoms with Gasteiger partial charge in [0.2, 0.25) is 0 Å². The van der Waals surface area contributed by atoms with Gasteiger partial charge in [-0.1, -0.05) is 64.4 Å². The monoisotopic (exact) mass is 208 g/mol. The Morgan fingerprint density at radius 2 is 1.93 bits per heavy atom. The molecule has 1 aliphatic rings. The molecule has 1 rings (SSSR count). The minimum absolute atomic E-state index is 0.953. The van der Waals surface area contributed by atoms with Crippen LogP contribution in [-0.4, -0.2) is 0 Å². The molecule has 0 N–H and O–H groups in total. The van der Waals surface area contributed by atoms with Crippen molar-refractivity contribution >= 4 is 0 Å². The van der Waals surface area contributed by atoms with Crippen LogP contribution < -0.4 is 0 Å². The summed E-state index contributed by atoms with van der Waals surface area (Å²) in [6.45, 7) is 6.22. The van der Waals surface area contributed by atoms with Crippen LogP contribution in [0.25, 0.3) is 0 Å². The van der Waals surface area contributed by atoms with Gasteiger partial charge in [0.15, 0.2) is 0 Å². The number of hydrogen-bond acceptors (Lipinski definition) is 0. The van der Waals surface area contributed by atoms with Crippen LogP contribution >= 0.6 is 0 Å². The van der Waals surface area contributed by atoms with Crippen molar-refractivity contribution in [1.29, 1.82) is 0 Å². The molecule has 1 fully saturated rings. The maximum atomic E-state index is 3.92. The summed E-state index contributed by atoms with van der Waals surface area (Å²) in [6.07, 6.45) is 16.5. The number of hydrogen-bond donors (Lipinski definition) is 0. The molecule has 0 bridgehead atoms. The zero-order chi connectivity index (χ0) is 10.9. The van der Waals surface area contributed by atoms with Gasteiger partial charge in [-0.2, -0.15) is 0 Å². The molecule has 0 saturated heterocycles. The molecular weight excluding hydrogens is 180 g/mol. The summed E-state index contributed by atoms with van der Waals surface area (Å²) in [5, 5.41) is 0. The summed E-state index contributed by atoms with van der Waals surface area (Å²) < 4.78 is 0. The highest BCUT2D eigenvalue weighted by Gasteiger charge is 2.21. The SMILES string of the molecule is C=CCC(CCCCC)C1CCCCC1. The van der Waals surface area contributed by atoms with E-state index in [-0.39, 0.29) is 0 Å². The van der Waals surface area contributed by atoms with Gasteiger partial charge in [-0.3, -0.25) is 0 Å². The molecule has 0 amide bonds. The lowest BCUT2D eigenvalue weighted by Gasteiger charge is -2.29. The van der Waals surface area contributed by atoms with Crippen LogP contribution in [0.2, 0.25) is 0 Å². The quantitative estimate of drug-likeness (QED) is 0.391. The van der Waals surface area contributed by atoms with Crippen LogP contribution in [-0.2, 0) is 0 Å². The van der Waals surface area contributed by atoms with Gasteiger partial charge in [0.25, 0.3) is 0 Å². The summed E-state index contributed by atoms with van der Waals surface area (Å²) in [7, 11) is 0. The predicted molar refractivity (Wildman–Crippen MR) is 69.0 cm³/mol. The van der Waals surface area contributed by atoms with Gasteiger partial charge >= 0.3 is 0 Å². The van der Waals surface area contributed by atoms with E-state index in [1.807, 2.05) is 0 Å². The molecule has 0 aliphatic heterocycles. The molecule has 15 heavy (non-hydrogen) atoms. The zero-order valence-corrected chi connectivity index (χ0v) is 10.5. The van der Waals surface area contributed by atoms with E-state index in [0.717, 1.165) is 11.8 Å². The average molecular weight is 208 g/mol. The third-order valence-corrected chi connectivity index (χ3v) is 3.96. The first-order valence-electron chi connectivity index (χ1n) is 6.99. The molecule has 0 heterocycles. The Hall–Kier alpha value is -0.260. The average Bonchev–Trinajstić information content (AvgIpc) is 2.29. The first-order valence-corrected chi connectivity index (χ1v) is 6.99. The number of unbranched alkanes of at least 4 members (excludes halogenated alkanes) is 2. The number of rotatable bonds is 7. The van der Waals surface area contributed by atoms with E-state index in [1.54, 1.807) is 0 Å². The normalized spacial score (nSPS) is 20.1. The molecule has 1 saturated carbocycles. The van der Waals surface area contributed by atoms with E-state index in [0.29, 0.717) is 0 Å². The maximum absolute atomic E-state index is 3.92. The standard InChI is InChI=1S/C15H28/c1-3-5-7-11-14(10-4-2)15-12-8-6-9-13-15/h4,14-15H,2-3,5-13H2,1H3. The molecule has 1 aliphatic carbocycles. The van der Waals surface area contributed by atoms with Crippen LogP contribution in [0.4, 0.5) is 0 Å². The van der Waals surface area contributed by atoms with Crippen molar-refractivity contribution in [2.45, 2.75) is 71.1 Å². The Kier molecular flexibility index (Phi) is 6.80. The lowest BCUT2D eigenvalue weighted by atomic mass is 9.76. The fraction of sp³-hybridized carbons (Fsp3) is 0.867. The lowest BCUT2D eigenvalue weighted by molar-refractivity contribution is 0.233. The van der Waals surface area contributed by atoms with Crippen molar-refractivity contribution in [3.63, 3.8) is 0 Å². The second kappa shape index (κ2) is 7.96. The molecular formula is C15H28. The van der Waals surface area contributed by atoms with E-state index < -0.39 is 0 Å². The molecule has 1 unspecified atom stereocenters. The molecule has 0 radical (unpaired) electrons. The third-order valence-electron chi connectivity index (χ3n) is 3.96. The smallest absolute Gasteiger partial charge is 0.0322 e. The van der Waals surface area contributed by atoms with Crippen molar-refractivity contribution in [2.24, 2.45) is 11.8 Å². The highest BCUT2D eigenvalue weighted by atomic mass is 14.3. The molecule has 88 valence electrons. The van der Waals surface area contributed by atoms with E-state index in [9.17, 15) is 0 Å². The topological polar surface area (TPSA) is 0 Å². The summed E-state index contributed by atoms with van der Waals surface area (Å²) in [6, 6.07) is 0. The minimum atomic E-state index is 0.953. The Morgan fingerprint density at radius 1 is 1.20 bits per heavy atom. The van der Waals surface area contributed by atoms with E-state index >= 15 is 0 Å². The van der Waals surface area contributed by atoms with Gasteiger partial charge in [0, 0.05) is 0 Å². The Balaban J connectivity index is 2.29. The van der Waals surface area contributed by atoms with Crippen LogP contribution in [0.5, 0.6) is 0 Å². The summed E-state index contributed by atoms with van der Waals surface area (Å²) in [4.78, 5) is 0. The van der Waals surface area contributed by atoms with Gasteiger partial charge in [-0.25, -0.2) is 0 Å². The second-order valence-corrected chi connectivity index (χ2v) is 5.18. The van der Waals surface area contributed by atoms with Gasteiger partial charge < -0.3 is 0 Å². The Morgan fingerprint density at radius 3 is 2.53 bits per heavy atom. The van der Waals surface area contributed by atoms with Crippen LogP contribution in [0.15, 0.2) is 12.7 Å². The minimum Gasteiger partial charge on any atom is -0.103 e. The van der Waals surface area contributed by atoms with Gasteiger partial charge in [0.05, 0.1) is 0 Å². The molecule has 0 spiro atoms. The predicted octanol–water partition coefficient (Wildman–Crippen LogP) is 5.34. The summed E-state index contributed by atoms with van der Waals surface area (Å²) in [5.74, 6) is 1.97. The van der Waals surface area contributed by atoms with Crippen LogP contribution in [0, 0.1) is 11.8 Å². The summed E-state index contributed by atoms with van der Waals surface area (Å²) in [5.41, 5.74) is 0. The highest BCUT2D eigenvalue weighted by molar-refractivity contribution is 4.80. The van der Waals surface area contributed by atoms with Crippen molar-refractivity contribution in [3.05, 3.63) is 12.7 Å². The Labute approximate surface area is 96.2 Å². The molecule has 0 aromatic carbocycles. The molecule has 0 nitrogen and oxygen atoms in total. The molecule has 0 heteroatoms. The first kappa shape index (κ1) is 12.8. The highest BCUT2D eigenvalue weighted by Crippen LogP contribution is 2.34. The third kappa shape index (κ3) is 4.86. The van der Waals surface area contributed by atoms with E-state index in [1.165, 1.54) is 64.2 Å². The van der Waals surface area contributed by atoms with E-state index in [4.69, 9.17) is 0 Å². The fourth-order valence-corrected chi connectivity index (χ4v) is 3.02. The van der Waals surface area contributed by atoms with E-state index in [2.05, 4.69) is 19.6 Å². The molecule has 0 aromatic heterocycles. The second-order valence-electron chi connectivity index (χ2n) is 5.18. The van der Waals surface area contributed by atoms with Crippen LogP contribution in [0.3, 0.4) is 0 Å². The first-order chi connectivity index (χ1) is 7.38. The summed E-state index contributed by atoms with van der Waals surface area (Å²) >= 11 is 0. The zero-order valence-electron chi connectivity index (χ0n) is 10.5. The van der Waals surface area contributed by atoms with Crippen molar-refractivity contribution in [1.82, 2.24) is 0 Å². The van der Waals surface area contributed by atoms with Gasteiger partial charge in [-0.05, 0) is 24.7 Å². The van der Waals surface area contributed by atoms with Gasteiger partial charge in [-0.15, -0.1) is 6.58 Å². The molecule has 0 aromatic rings. The Bertz CT molecular complexity index is 153. The lowest BCUT2D eigenvalue weighted by Crippen LogP contribution is -2.17. The fourth-order valence-electron chi connectivity index (χ4n) is 3.02. The van der Waals surface area contributed by atoms with Crippen LogP contribution in [0.1, 0.15) is 71.1 Å². The van der Waals surface area contributed by atoms with Gasteiger partial charge in [0.1, 0.15) is 0 Å². The van der Waals surface area contributed by atoms with Crippen molar-refractivity contribution < 1.29 is 0 Å². The van der Waals surface area contributed by atoms with Crippen molar-refractivity contribution in [3.8, 4) is 0 Å². The maximum Gasteiger partial charge on any atom is -0.0322 e. The number of allylic oxidation sites excluding steroid dienone is 1.